The molecule has 34 heavy (non-hydrogen) atoms. The fourth-order valence-corrected chi connectivity index (χ4v) is 3.31. The maximum absolute atomic E-state index is 12.8. The molecule has 0 radical (unpaired) electrons. The Hall–Kier alpha value is -3.12. The number of aliphatic carboxylic acids is 2. The predicted octanol–water partition coefficient (Wildman–Crippen LogP) is -0.454. The molecule has 188 valence electrons. The first kappa shape index (κ1) is 28.9. The minimum atomic E-state index is -1.35. The second-order valence-electron chi connectivity index (χ2n) is 8.23. The molecule has 0 aliphatic heterocycles. The van der Waals surface area contributed by atoms with Crippen LogP contribution in [0.3, 0.4) is 0 Å². The van der Waals surface area contributed by atoms with E-state index in [2.05, 4.69) is 28.6 Å². The van der Waals surface area contributed by atoms with Crippen molar-refractivity contribution in [2.24, 2.45) is 11.7 Å². The zero-order valence-corrected chi connectivity index (χ0v) is 20.0. The highest BCUT2D eigenvalue weighted by molar-refractivity contribution is 7.80. The summed E-state index contributed by atoms with van der Waals surface area (Å²) in [6.45, 7) is 3.63. The van der Waals surface area contributed by atoms with Crippen molar-refractivity contribution in [2.45, 2.75) is 57.3 Å². The van der Waals surface area contributed by atoms with Gasteiger partial charge in [0.2, 0.25) is 17.7 Å². The molecule has 7 N–H and O–H groups in total. The summed E-state index contributed by atoms with van der Waals surface area (Å²) in [7, 11) is 0. The number of carbonyl (C=O) groups excluding carboxylic acids is 3. The van der Waals surface area contributed by atoms with Crippen LogP contribution in [-0.2, 0) is 30.4 Å². The topological polar surface area (TPSA) is 188 Å². The number of benzene rings is 1. The number of carboxylic acid groups (broad SMARTS) is 2. The Morgan fingerprint density at radius 3 is 1.91 bits per heavy atom. The number of carboxylic acids is 2. The fraction of sp³-hybridized carbons (Fsp3) is 0.500. The highest BCUT2D eigenvalue weighted by Crippen LogP contribution is 2.08. The summed E-state index contributed by atoms with van der Waals surface area (Å²) < 4.78 is 0. The lowest BCUT2D eigenvalue weighted by Gasteiger charge is -2.25. The summed E-state index contributed by atoms with van der Waals surface area (Å²) in [6, 6.07) is 3.91. The van der Waals surface area contributed by atoms with Crippen LogP contribution >= 0.6 is 12.6 Å². The molecule has 12 heteroatoms. The molecule has 0 bridgehead atoms. The van der Waals surface area contributed by atoms with E-state index in [0.717, 1.165) is 0 Å². The van der Waals surface area contributed by atoms with Gasteiger partial charge in [0.15, 0.2) is 0 Å². The average molecular weight is 497 g/mol. The number of thiol groups is 1. The third-order valence-corrected chi connectivity index (χ3v) is 5.15. The summed E-state index contributed by atoms with van der Waals surface area (Å²) in [5.41, 5.74) is 6.27. The van der Waals surface area contributed by atoms with E-state index >= 15 is 0 Å². The van der Waals surface area contributed by atoms with Gasteiger partial charge in [-0.1, -0.05) is 44.2 Å². The van der Waals surface area contributed by atoms with Gasteiger partial charge in [-0.25, -0.2) is 4.79 Å². The maximum Gasteiger partial charge on any atom is 0.326 e. The van der Waals surface area contributed by atoms with Crippen LogP contribution in [0.1, 0.15) is 32.3 Å². The molecule has 1 aromatic carbocycles. The Morgan fingerprint density at radius 2 is 1.41 bits per heavy atom. The molecule has 0 saturated heterocycles. The largest absolute Gasteiger partial charge is 0.481 e. The Kier molecular flexibility index (Phi) is 12.1. The smallest absolute Gasteiger partial charge is 0.326 e. The number of hydrogen-bond donors (Lipinski definition) is 7. The number of rotatable bonds is 14. The van der Waals surface area contributed by atoms with Crippen LogP contribution in [0.25, 0.3) is 0 Å². The molecule has 0 heterocycles. The lowest BCUT2D eigenvalue weighted by Crippen LogP contribution is -2.58. The highest BCUT2D eigenvalue weighted by atomic mass is 32.1. The summed E-state index contributed by atoms with van der Waals surface area (Å²) in [6.07, 6.45) is -0.367. The van der Waals surface area contributed by atoms with Gasteiger partial charge in [-0.15, -0.1) is 0 Å². The standard InChI is InChI=1S/C22H32N4O7S/c1-12(2)8-15(24-19(29)14(23)10-18(27)28)20(30)26-17(11-34)21(31)25-16(22(32)33)9-13-6-4-3-5-7-13/h3-7,12,14-17,34H,8-11,23H2,1-2H3,(H,24,29)(H,25,31)(H,26,30)(H,27,28)(H,32,33). The molecule has 0 aromatic heterocycles. The van der Waals surface area contributed by atoms with Crippen molar-refractivity contribution in [3.8, 4) is 0 Å². The van der Waals surface area contributed by atoms with Crippen molar-refractivity contribution < 1.29 is 34.2 Å². The van der Waals surface area contributed by atoms with Crippen LogP contribution in [0, 0.1) is 5.92 Å². The summed E-state index contributed by atoms with van der Waals surface area (Å²) in [5, 5.41) is 25.6. The molecule has 0 fully saturated rings. The first-order chi connectivity index (χ1) is 15.9. The van der Waals surface area contributed by atoms with Gasteiger partial charge >= 0.3 is 11.9 Å². The van der Waals surface area contributed by atoms with E-state index in [-0.39, 0.29) is 24.5 Å². The van der Waals surface area contributed by atoms with Crippen molar-refractivity contribution in [1.29, 1.82) is 0 Å². The number of nitrogens with two attached hydrogens (primary N) is 1. The van der Waals surface area contributed by atoms with E-state index in [1.165, 1.54) is 0 Å². The SMILES string of the molecule is CC(C)CC(NC(=O)C(N)CC(=O)O)C(=O)NC(CS)C(=O)NC(Cc1ccccc1)C(=O)O. The van der Waals surface area contributed by atoms with Crippen LogP contribution in [0.5, 0.6) is 0 Å². The van der Waals surface area contributed by atoms with E-state index in [1.54, 1.807) is 30.3 Å². The van der Waals surface area contributed by atoms with Gasteiger partial charge in [0.1, 0.15) is 18.1 Å². The normalized spacial score (nSPS) is 14.4. The zero-order chi connectivity index (χ0) is 25.8. The number of amides is 3. The van der Waals surface area contributed by atoms with Gasteiger partial charge in [0, 0.05) is 12.2 Å². The Balaban J connectivity index is 2.87. The number of hydrogen-bond acceptors (Lipinski definition) is 7. The molecule has 0 aliphatic carbocycles. The molecule has 1 rings (SSSR count). The van der Waals surface area contributed by atoms with Crippen molar-refractivity contribution in [1.82, 2.24) is 16.0 Å². The number of nitrogens with one attached hydrogen (secondary N) is 3. The molecular weight excluding hydrogens is 464 g/mol. The van der Waals surface area contributed by atoms with Gasteiger partial charge in [-0.05, 0) is 17.9 Å². The maximum atomic E-state index is 12.8. The lowest BCUT2D eigenvalue weighted by atomic mass is 10.0. The van der Waals surface area contributed by atoms with Crippen molar-refractivity contribution in [3.05, 3.63) is 35.9 Å². The zero-order valence-electron chi connectivity index (χ0n) is 19.1. The minimum Gasteiger partial charge on any atom is -0.481 e. The van der Waals surface area contributed by atoms with Gasteiger partial charge < -0.3 is 31.9 Å². The Bertz CT molecular complexity index is 866. The molecule has 4 unspecified atom stereocenters. The van der Waals surface area contributed by atoms with E-state index in [4.69, 9.17) is 10.8 Å². The quantitative estimate of drug-likeness (QED) is 0.169. The molecule has 11 nitrogen and oxygen atoms in total. The van der Waals surface area contributed by atoms with Gasteiger partial charge in [-0.3, -0.25) is 19.2 Å². The van der Waals surface area contributed by atoms with E-state index < -0.39 is 60.2 Å². The Labute approximate surface area is 203 Å². The van der Waals surface area contributed by atoms with Crippen LogP contribution < -0.4 is 21.7 Å². The second kappa shape index (κ2) is 14.2. The lowest BCUT2D eigenvalue weighted by molar-refractivity contribution is -0.142. The number of carbonyl (C=O) groups is 5. The molecule has 1 aromatic rings. The molecular formula is C22H32N4O7S. The summed E-state index contributed by atoms with van der Waals surface area (Å²) in [4.78, 5) is 60.2. The monoisotopic (exact) mass is 496 g/mol. The van der Waals surface area contributed by atoms with Gasteiger partial charge in [0.05, 0.1) is 12.5 Å². The summed E-state index contributed by atoms with van der Waals surface area (Å²) in [5.74, 6) is -4.92. The van der Waals surface area contributed by atoms with Crippen molar-refractivity contribution in [2.75, 3.05) is 5.75 Å². The van der Waals surface area contributed by atoms with E-state index in [0.29, 0.717) is 5.56 Å². The van der Waals surface area contributed by atoms with Crippen molar-refractivity contribution in [3.63, 3.8) is 0 Å². The second-order valence-corrected chi connectivity index (χ2v) is 8.59. The fourth-order valence-electron chi connectivity index (χ4n) is 3.05. The van der Waals surface area contributed by atoms with E-state index in [9.17, 15) is 29.1 Å². The van der Waals surface area contributed by atoms with Crippen LogP contribution in [0.2, 0.25) is 0 Å². The van der Waals surface area contributed by atoms with Crippen LogP contribution in [-0.4, -0.2) is 69.8 Å². The molecule has 0 saturated carbocycles. The van der Waals surface area contributed by atoms with E-state index in [1.807, 2.05) is 13.8 Å². The van der Waals surface area contributed by atoms with Gasteiger partial charge in [0.25, 0.3) is 0 Å². The Morgan fingerprint density at radius 1 is 0.882 bits per heavy atom. The molecule has 0 spiro atoms. The molecule has 3 amide bonds. The first-order valence-electron chi connectivity index (χ1n) is 10.7. The third kappa shape index (κ3) is 10.2. The first-order valence-corrected chi connectivity index (χ1v) is 11.3. The van der Waals surface area contributed by atoms with Crippen molar-refractivity contribution >= 4 is 42.3 Å². The highest BCUT2D eigenvalue weighted by Gasteiger charge is 2.30. The van der Waals surface area contributed by atoms with Gasteiger partial charge in [-0.2, -0.15) is 12.6 Å². The third-order valence-electron chi connectivity index (χ3n) is 4.78. The molecule has 4 atom stereocenters. The van der Waals surface area contributed by atoms with Crippen LogP contribution in [0.15, 0.2) is 30.3 Å². The minimum absolute atomic E-state index is 0.0303. The van der Waals surface area contributed by atoms with Crippen LogP contribution in [0.4, 0.5) is 0 Å². The molecule has 0 aliphatic rings. The summed E-state index contributed by atoms with van der Waals surface area (Å²) >= 11 is 4.09. The average Bonchev–Trinajstić information content (AvgIpc) is 2.75. The predicted molar refractivity (Wildman–Crippen MR) is 127 cm³/mol.